The van der Waals surface area contributed by atoms with Gasteiger partial charge >= 0.3 is 0 Å². The van der Waals surface area contributed by atoms with Crippen molar-refractivity contribution < 1.29 is 9.13 Å². The van der Waals surface area contributed by atoms with E-state index in [4.69, 9.17) is 4.74 Å². The van der Waals surface area contributed by atoms with E-state index in [2.05, 4.69) is 23.5 Å². The summed E-state index contributed by atoms with van der Waals surface area (Å²) in [7, 11) is 1.93. The maximum atomic E-state index is 13.9. The predicted octanol–water partition coefficient (Wildman–Crippen LogP) is 3.79. The molecule has 0 fully saturated rings. The highest BCUT2D eigenvalue weighted by Crippen LogP contribution is 2.33. The quantitative estimate of drug-likeness (QED) is 0.926. The Morgan fingerprint density at radius 1 is 1.19 bits per heavy atom. The van der Waals surface area contributed by atoms with Crippen molar-refractivity contribution in [3.8, 4) is 5.75 Å². The molecule has 3 heteroatoms. The minimum absolute atomic E-state index is 0.0544. The van der Waals surface area contributed by atoms with Crippen LogP contribution in [0.2, 0.25) is 0 Å². The Labute approximate surface area is 125 Å². The molecule has 1 aliphatic carbocycles. The first-order valence-electron chi connectivity index (χ1n) is 7.37. The predicted molar refractivity (Wildman–Crippen MR) is 82.1 cm³/mol. The SMILES string of the molecule is CNC1c2ccccc2CCC1Oc1cc(C)ccc1F. The number of ether oxygens (including phenoxy) is 1. The lowest BCUT2D eigenvalue weighted by atomic mass is 9.85. The minimum Gasteiger partial charge on any atom is -0.485 e. The molecule has 2 aromatic rings. The largest absolute Gasteiger partial charge is 0.485 e. The molecule has 2 atom stereocenters. The fourth-order valence-corrected chi connectivity index (χ4v) is 3.06. The molecular weight excluding hydrogens is 265 g/mol. The van der Waals surface area contributed by atoms with Crippen LogP contribution in [0.5, 0.6) is 5.75 Å². The van der Waals surface area contributed by atoms with Crippen molar-refractivity contribution in [1.29, 1.82) is 0 Å². The second kappa shape index (κ2) is 5.86. The fraction of sp³-hybridized carbons (Fsp3) is 0.333. The molecule has 1 aliphatic rings. The van der Waals surface area contributed by atoms with Crippen LogP contribution in [0.15, 0.2) is 42.5 Å². The van der Waals surface area contributed by atoms with E-state index in [1.54, 1.807) is 12.1 Å². The highest BCUT2D eigenvalue weighted by molar-refractivity contribution is 5.35. The first-order valence-corrected chi connectivity index (χ1v) is 7.37. The van der Waals surface area contributed by atoms with Crippen LogP contribution in [0.3, 0.4) is 0 Å². The molecule has 2 aromatic carbocycles. The van der Waals surface area contributed by atoms with E-state index in [1.807, 2.05) is 20.0 Å². The fourth-order valence-electron chi connectivity index (χ4n) is 3.06. The number of rotatable bonds is 3. The molecule has 2 unspecified atom stereocenters. The molecule has 2 nitrogen and oxygen atoms in total. The highest BCUT2D eigenvalue weighted by atomic mass is 19.1. The van der Waals surface area contributed by atoms with Gasteiger partial charge in [0.05, 0.1) is 6.04 Å². The summed E-state index contributed by atoms with van der Waals surface area (Å²) in [6.07, 6.45) is 1.80. The minimum atomic E-state index is -0.297. The van der Waals surface area contributed by atoms with Crippen LogP contribution in [0.1, 0.15) is 29.2 Å². The van der Waals surface area contributed by atoms with E-state index in [1.165, 1.54) is 17.2 Å². The molecule has 0 saturated heterocycles. The molecule has 0 radical (unpaired) electrons. The summed E-state index contributed by atoms with van der Waals surface area (Å²) in [6, 6.07) is 13.5. The van der Waals surface area contributed by atoms with Crippen LogP contribution in [-0.2, 0) is 6.42 Å². The standard InChI is InChI=1S/C18H20FNO/c1-12-7-9-15(19)17(11-12)21-16-10-8-13-5-3-4-6-14(13)18(16)20-2/h3-7,9,11,16,18,20H,8,10H2,1-2H3. The lowest BCUT2D eigenvalue weighted by Crippen LogP contribution is -2.38. The summed E-state index contributed by atoms with van der Waals surface area (Å²) < 4.78 is 19.9. The Morgan fingerprint density at radius 3 is 2.81 bits per heavy atom. The normalized spacial score (nSPS) is 20.9. The summed E-state index contributed by atoms with van der Waals surface area (Å²) in [5.41, 5.74) is 3.61. The van der Waals surface area contributed by atoms with Crippen molar-refractivity contribution in [2.75, 3.05) is 7.05 Å². The maximum Gasteiger partial charge on any atom is 0.165 e. The van der Waals surface area contributed by atoms with Crippen LogP contribution in [-0.4, -0.2) is 13.2 Å². The Morgan fingerprint density at radius 2 is 2.00 bits per heavy atom. The van der Waals surface area contributed by atoms with E-state index in [-0.39, 0.29) is 18.0 Å². The molecule has 0 aliphatic heterocycles. The molecule has 0 aromatic heterocycles. The van der Waals surface area contributed by atoms with Crippen LogP contribution < -0.4 is 10.1 Å². The Bertz CT molecular complexity index is 641. The number of hydrogen-bond acceptors (Lipinski definition) is 2. The van der Waals surface area contributed by atoms with E-state index in [0.29, 0.717) is 5.75 Å². The van der Waals surface area contributed by atoms with Crippen LogP contribution in [0, 0.1) is 12.7 Å². The maximum absolute atomic E-state index is 13.9. The molecule has 0 amide bonds. The second-order valence-electron chi connectivity index (χ2n) is 5.59. The molecule has 0 saturated carbocycles. The van der Waals surface area contributed by atoms with Crippen LogP contribution >= 0.6 is 0 Å². The van der Waals surface area contributed by atoms with E-state index >= 15 is 0 Å². The van der Waals surface area contributed by atoms with Gasteiger partial charge in [-0.25, -0.2) is 4.39 Å². The van der Waals surface area contributed by atoms with Gasteiger partial charge in [-0.05, 0) is 55.6 Å². The Kier molecular flexibility index (Phi) is 3.93. The van der Waals surface area contributed by atoms with E-state index in [9.17, 15) is 4.39 Å². The summed E-state index contributed by atoms with van der Waals surface area (Å²) >= 11 is 0. The van der Waals surface area contributed by atoms with Crippen molar-refractivity contribution in [1.82, 2.24) is 5.32 Å². The molecular formula is C18H20FNO. The van der Waals surface area contributed by atoms with Crippen LogP contribution in [0.25, 0.3) is 0 Å². The first-order chi connectivity index (χ1) is 10.2. The van der Waals surface area contributed by atoms with Crippen molar-refractivity contribution in [3.05, 3.63) is 65.0 Å². The molecule has 1 N–H and O–H groups in total. The second-order valence-corrected chi connectivity index (χ2v) is 5.59. The van der Waals surface area contributed by atoms with Gasteiger partial charge in [0.1, 0.15) is 6.10 Å². The van der Waals surface area contributed by atoms with Crippen molar-refractivity contribution in [2.24, 2.45) is 0 Å². The smallest absolute Gasteiger partial charge is 0.165 e. The number of likely N-dealkylation sites (N-methyl/N-ethyl adjacent to an activating group) is 1. The van der Waals surface area contributed by atoms with E-state index in [0.717, 1.165) is 18.4 Å². The number of fused-ring (bicyclic) bond motifs is 1. The van der Waals surface area contributed by atoms with Gasteiger partial charge in [0.2, 0.25) is 0 Å². The van der Waals surface area contributed by atoms with Gasteiger partial charge in [0.25, 0.3) is 0 Å². The lowest BCUT2D eigenvalue weighted by Gasteiger charge is -2.33. The van der Waals surface area contributed by atoms with Crippen molar-refractivity contribution in [2.45, 2.75) is 31.9 Å². The van der Waals surface area contributed by atoms with Gasteiger partial charge in [-0.3, -0.25) is 0 Å². The topological polar surface area (TPSA) is 21.3 Å². The van der Waals surface area contributed by atoms with Crippen molar-refractivity contribution >= 4 is 0 Å². The lowest BCUT2D eigenvalue weighted by molar-refractivity contribution is 0.133. The molecule has 0 spiro atoms. The monoisotopic (exact) mass is 285 g/mol. The third-order valence-electron chi connectivity index (χ3n) is 4.14. The van der Waals surface area contributed by atoms with Gasteiger partial charge in [-0.15, -0.1) is 0 Å². The van der Waals surface area contributed by atoms with Gasteiger partial charge in [0, 0.05) is 0 Å². The zero-order valence-corrected chi connectivity index (χ0v) is 12.4. The van der Waals surface area contributed by atoms with Crippen LogP contribution in [0.4, 0.5) is 4.39 Å². The zero-order chi connectivity index (χ0) is 14.8. The first kappa shape index (κ1) is 14.1. The molecule has 0 heterocycles. The number of halogens is 1. The Balaban J connectivity index is 1.88. The highest BCUT2D eigenvalue weighted by Gasteiger charge is 2.30. The molecule has 3 rings (SSSR count). The molecule has 110 valence electrons. The molecule has 0 bridgehead atoms. The number of nitrogens with one attached hydrogen (secondary N) is 1. The number of benzene rings is 2. The Hall–Kier alpha value is -1.87. The molecule has 21 heavy (non-hydrogen) atoms. The third kappa shape index (κ3) is 2.79. The third-order valence-corrected chi connectivity index (χ3v) is 4.14. The van der Waals surface area contributed by atoms with E-state index < -0.39 is 0 Å². The summed E-state index contributed by atoms with van der Waals surface area (Å²) in [5, 5.41) is 3.32. The van der Waals surface area contributed by atoms with Gasteiger partial charge in [-0.2, -0.15) is 0 Å². The van der Waals surface area contributed by atoms with Gasteiger partial charge < -0.3 is 10.1 Å². The average molecular weight is 285 g/mol. The summed E-state index contributed by atoms with van der Waals surface area (Å²) in [5.74, 6) is 0.0499. The van der Waals surface area contributed by atoms with Gasteiger partial charge in [-0.1, -0.05) is 30.3 Å². The summed E-state index contributed by atoms with van der Waals surface area (Å²) in [6.45, 7) is 1.94. The number of aryl methyl sites for hydroxylation is 2. The summed E-state index contributed by atoms with van der Waals surface area (Å²) in [4.78, 5) is 0. The zero-order valence-electron chi connectivity index (χ0n) is 12.4. The van der Waals surface area contributed by atoms with Crippen molar-refractivity contribution in [3.63, 3.8) is 0 Å². The van der Waals surface area contributed by atoms with Gasteiger partial charge in [0.15, 0.2) is 11.6 Å². The average Bonchev–Trinajstić information content (AvgIpc) is 2.50. The number of hydrogen-bond donors (Lipinski definition) is 1.